The number of rotatable bonds is 3. The second kappa shape index (κ2) is 5.46. The molecular formula is C16H20FN3. The third kappa shape index (κ3) is 2.41. The van der Waals surface area contributed by atoms with E-state index < -0.39 is 0 Å². The summed E-state index contributed by atoms with van der Waals surface area (Å²) in [7, 11) is 2.12. The standard InChI is InChI=1S/C16H20FN3/c1-3-18-9-13-12-8-11(17)4-5-15(12)19-16-6-7-20(2)10-14(13)16/h4-5,8,18H,3,6-7,9-10H2,1-2H3. The number of halogens is 1. The first-order valence-corrected chi connectivity index (χ1v) is 7.18. The predicted molar refractivity (Wildman–Crippen MR) is 79.1 cm³/mol. The van der Waals surface area contributed by atoms with Crippen LogP contribution in [-0.2, 0) is 19.5 Å². The minimum atomic E-state index is -0.193. The second-order valence-electron chi connectivity index (χ2n) is 5.45. The summed E-state index contributed by atoms with van der Waals surface area (Å²) < 4.78 is 13.6. The maximum Gasteiger partial charge on any atom is 0.123 e. The van der Waals surface area contributed by atoms with Gasteiger partial charge in [0.2, 0.25) is 0 Å². The summed E-state index contributed by atoms with van der Waals surface area (Å²) in [6.07, 6.45) is 0.971. The van der Waals surface area contributed by atoms with E-state index in [9.17, 15) is 4.39 Å². The summed E-state index contributed by atoms with van der Waals surface area (Å²) in [4.78, 5) is 7.04. The first kappa shape index (κ1) is 13.5. The lowest BCUT2D eigenvalue weighted by molar-refractivity contribution is 0.309. The molecule has 1 aromatic heterocycles. The zero-order valence-electron chi connectivity index (χ0n) is 12.0. The van der Waals surface area contributed by atoms with Crippen molar-refractivity contribution in [3.63, 3.8) is 0 Å². The first-order valence-electron chi connectivity index (χ1n) is 7.18. The molecule has 0 spiro atoms. The average Bonchev–Trinajstić information content (AvgIpc) is 2.44. The Morgan fingerprint density at radius 3 is 3.05 bits per heavy atom. The average molecular weight is 273 g/mol. The second-order valence-corrected chi connectivity index (χ2v) is 5.45. The van der Waals surface area contributed by atoms with Crippen LogP contribution in [0.3, 0.4) is 0 Å². The van der Waals surface area contributed by atoms with Gasteiger partial charge in [-0.3, -0.25) is 4.98 Å². The van der Waals surface area contributed by atoms with Crippen molar-refractivity contribution in [1.29, 1.82) is 0 Å². The molecule has 1 aromatic carbocycles. The molecule has 1 aliphatic heterocycles. The molecule has 0 unspecified atom stereocenters. The lowest BCUT2D eigenvalue weighted by Crippen LogP contribution is -2.29. The largest absolute Gasteiger partial charge is 0.313 e. The molecule has 0 bridgehead atoms. The lowest BCUT2D eigenvalue weighted by Gasteiger charge is -2.27. The summed E-state index contributed by atoms with van der Waals surface area (Å²) in [6, 6.07) is 4.90. The Bertz CT molecular complexity index is 639. The van der Waals surface area contributed by atoms with Gasteiger partial charge < -0.3 is 10.2 Å². The summed E-state index contributed by atoms with van der Waals surface area (Å²) >= 11 is 0. The van der Waals surface area contributed by atoms with Gasteiger partial charge in [0.25, 0.3) is 0 Å². The van der Waals surface area contributed by atoms with E-state index in [1.807, 2.05) is 0 Å². The first-order chi connectivity index (χ1) is 9.69. The maximum absolute atomic E-state index is 13.6. The van der Waals surface area contributed by atoms with Crippen molar-refractivity contribution in [3.8, 4) is 0 Å². The number of benzene rings is 1. The van der Waals surface area contributed by atoms with Crippen molar-refractivity contribution >= 4 is 10.9 Å². The smallest absolute Gasteiger partial charge is 0.123 e. The molecule has 0 atom stereocenters. The lowest BCUT2D eigenvalue weighted by atomic mass is 9.96. The Balaban J connectivity index is 2.20. The van der Waals surface area contributed by atoms with Crippen molar-refractivity contribution in [2.45, 2.75) is 26.4 Å². The summed E-state index contributed by atoms with van der Waals surface area (Å²) in [5.41, 5.74) is 4.56. The van der Waals surface area contributed by atoms with Gasteiger partial charge in [-0.1, -0.05) is 6.92 Å². The maximum atomic E-state index is 13.6. The summed E-state index contributed by atoms with van der Waals surface area (Å²) in [6.45, 7) is 5.70. The number of aromatic nitrogens is 1. The van der Waals surface area contributed by atoms with Crippen LogP contribution in [0.4, 0.5) is 4.39 Å². The normalized spacial score (nSPS) is 15.6. The highest BCUT2D eigenvalue weighted by atomic mass is 19.1. The van der Waals surface area contributed by atoms with Crippen molar-refractivity contribution < 1.29 is 4.39 Å². The molecule has 1 aliphatic rings. The highest BCUT2D eigenvalue weighted by molar-refractivity contribution is 5.84. The van der Waals surface area contributed by atoms with Crippen LogP contribution in [0.5, 0.6) is 0 Å². The van der Waals surface area contributed by atoms with E-state index in [1.54, 1.807) is 12.1 Å². The van der Waals surface area contributed by atoms with Crippen LogP contribution in [0.15, 0.2) is 18.2 Å². The van der Waals surface area contributed by atoms with E-state index in [0.29, 0.717) is 0 Å². The van der Waals surface area contributed by atoms with Gasteiger partial charge in [-0.25, -0.2) is 4.39 Å². The minimum absolute atomic E-state index is 0.193. The van der Waals surface area contributed by atoms with Crippen LogP contribution in [0, 0.1) is 5.82 Å². The monoisotopic (exact) mass is 273 g/mol. The van der Waals surface area contributed by atoms with Crippen molar-refractivity contribution in [2.24, 2.45) is 0 Å². The number of likely N-dealkylation sites (N-methyl/N-ethyl adjacent to an activating group) is 1. The molecule has 2 heterocycles. The Kier molecular flexibility index (Phi) is 3.68. The predicted octanol–water partition coefficient (Wildman–Crippen LogP) is 2.47. The number of hydrogen-bond acceptors (Lipinski definition) is 3. The molecule has 3 rings (SSSR count). The molecule has 106 valence electrons. The van der Waals surface area contributed by atoms with Crippen molar-refractivity contribution in [3.05, 3.63) is 40.8 Å². The van der Waals surface area contributed by atoms with Crippen LogP contribution >= 0.6 is 0 Å². The summed E-state index contributed by atoms with van der Waals surface area (Å²) in [5.74, 6) is -0.193. The van der Waals surface area contributed by atoms with Crippen LogP contribution in [-0.4, -0.2) is 30.0 Å². The van der Waals surface area contributed by atoms with E-state index in [1.165, 1.54) is 22.9 Å². The number of fused-ring (bicyclic) bond motifs is 2. The number of pyridine rings is 1. The zero-order chi connectivity index (χ0) is 14.1. The van der Waals surface area contributed by atoms with Gasteiger partial charge >= 0.3 is 0 Å². The van der Waals surface area contributed by atoms with E-state index in [0.717, 1.165) is 43.5 Å². The number of nitrogens with zero attached hydrogens (tertiary/aromatic N) is 2. The van der Waals surface area contributed by atoms with E-state index in [-0.39, 0.29) is 5.82 Å². The number of nitrogens with one attached hydrogen (secondary N) is 1. The molecule has 20 heavy (non-hydrogen) atoms. The van der Waals surface area contributed by atoms with Crippen molar-refractivity contribution in [2.75, 3.05) is 20.1 Å². The molecule has 2 aromatic rings. The highest BCUT2D eigenvalue weighted by Gasteiger charge is 2.20. The topological polar surface area (TPSA) is 28.2 Å². The molecule has 4 heteroatoms. The fraction of sp³-hybridized carbons (Fsp3) is 0.438. The van der Waals surface area contributed by atoms with Gasteiger partial charge in [0, 0.05) is 37.1 Å². The van der Waals surface area contributed by atoms with Crippen LogP contribution in [0.25, 0.3) is 10.9 Å². The molecule has 0 aliphatic carbocycles. The molecule has 0 fully saturated rings. The Morgan fingerprint density at radius 2 is 2.25 bits per heavy atom. The van der Waals surface area contributed by atoms with Crippen LogP contribution in [0.1, 0.15) is 23.7 Å². The van der Waals surface area contributed by atoms with Gasteiger partial charge in [-0.05, 0) is 42.9 Å². The van der Waals surface area contributed by atoms with Crippen LogP contribution < -0.4 is 5.32 Å². The Labute approximate surface area is 118 Å². The van der Waals surface area contributed by atoms with Gasteiger partial charge in [-0.15, -0.1) is 0 Å². The molecule has 0 saturated carbocycles. The Hall–Kier alpha value is -1.52. The summed E-state index contributed by atoms with van der Waals surface area (Å²) in [5, 5.41) is 4.32. The fourth-order valence-electron chi connectivity index (χ4n) is 2.89. The van der Waals surface area contributed by atoms with E-state index in [2.05, 4.69) is 24.2 Å². The third-order valence-electron chi connectivity index (χ3n) is 3.96. The van der Waals surface area contributed by atoms with Crippen LogP contribution in [0.2, 0.25) is 0 Å². The molecule has 3 nitrogen and oxygen atoms in total. The molecule has 1 N–H and O–H groups in total. The molecule has 0 saturated heterocycles. The number of hydrogen-bond donors (Lipinski definition) is 1. The van der Waals surface area contributed by atoms with Gasteiger partial charge in [0.1, 0.15) is 5.82 Å². The third-order valence-corrected chi connectivity index (χ3v) is 3.96. The molecule has 0 radical (unpaired) electrons. The SMILES string of the molecule is CCNCc1c2c(nc3ccc(F)cc13)CCN(C)C2. The van der Waals surface area contributed by atoms with E-state index in [4.69, 9.17) is 4.98 Å². The molecule has 0 amide bonds. The quantitative estimate of drug-likeness (QED) is 0.931. The van der Waals surface area contributed by atoms with Gasteiger partial charge in [0.15, 0.2) is 0 Å². The molecular weight excluding hydrogens is 253 g/mol. The van der Waals surface area contributed by atoms with E-state index >= 15 is 0 Å². The van der Waals surface area contributed by atoms with Crippen molar-refractivity contribution in [1.82, 2.24) is 15.2 Å². The van der Waals surface area contributed by atoms with Gasteiger partial charge in [0.05, 0.1) is 5.52 Å². The van der Waals surface area contributed by atoms with Gasteiger partial charge in [-0.2, -0.15) is 0 Å². The zero-order valence-corrected chi connectivity index (χ0v) is 12.0. The Morgan fingerprint density at radius 1 is 1.40 bits per heavy atom. The fourth-order valence-corrected chi connectivity index (χ4v) is 2.89. The highest BCUT2D eigenvalue weighted by Crippen LogP contribution is 2.28. The minimum Gasteiger partial charge on any atom is -0.313 e.